The minimum atomic E-state index is 0. The van der Waals surface area contributed by atoms with Crippen molar-refractivity contribution in [3.8, 4) is 44.5 Å². The van der Waals surface area contributed by atoms with E-state index < -0.39 is 0 Å². The predicted molar refractivity (Wildman–Crippen MR) is 229 cm³/mol. The van der Waals surface area contributed by atoms with E-state index >= 15 is 0 Å². The van der Waals surface area contributed by atoms with Crippen molar-refractivity contribution in [3.05, 3.63) is 234 Å². The molecule has 0 saturated heterocycles. The lowest BCUT2D eigenvalue weighted by Gasteiger charge is -2.07. The van der Waals surface area contributed by atoms with Gasteiger partial charge >= 0.3 is 0 Å². The maximum atomic E-state index is 5.60. The third-order valence-electron chi connectivity index (χ3n) is 8.50. The summed E-state index contributed by atoms with van der Waals surface area (Å²) >= 11 is 3.42. The molecule has 0 saturated carbocycles. The van der Waals surface area contributed by atoms with Crippen LogP contribution in [0.5, 0.6) is 0 Å². The number of rotatable bonds is 6. The van der Waals surface area contributed by atoms with E-state index in [-0.39, 0.29) is 7.43 Å². The largest absolute Gasteiger partial charge is 0.399 e. The fourth-order valence-corrected chi connectivity index (χ4v) is 5.97. The number of anilines is 1. The Morgan fingerprint density at radius 2 is 0.519 bits per heavy atom. The number of nitrogens with two attached hydrogens (primary N) is 1. The van der Waals surface area contributed by atoms with Gasteiger partial charge in [-0.25, -0.2) is 0 Å². The summed E-state index contributed by atoms with van der Waals surface area (Å²) < 4.78 is 1.12. The van der Waals surface area contributed by atoms with Crippen LogP contribution in [-0.2, 0) is 6.42 Å². The molecule has 0 aliphatic carbocycles. The average Bonchev–Trinajstić information content (AvgIpc) is 3.21. The Hall–Kier alpha value is -5.96. The van der Waals surface area contributed by atoms with E-state index in [4.69, 9.17) is 5.73 Å². The van der Waals surface area contributed by atoms with Crippen LogP contribution in [0.2, 0.25) is 0 Å². The molecule has 0 fully saturated rings. The van der Waals surface area contributed by atoms with E-state index in [0.29, 0.717) is 0 Å². The van der Waals surface area contributed by atoms with Gasteiger partial charge in [0.2, 0.25) is 0 Å². The number of halogens is 1. The molecule has 0 aromatic heterocycles. The third-order valence-corrected chi connectivity index (χ3v) is 9.03. The van der Waals surface area contributed by atoms with Gasteiger partial charge < -0.3 is 5.73 Å². The van der Waals surface area contributed by atoms with Gasteiger partial charge in [0, 0.05) is 10.2 Å². The van der Waals surface area contributed by atoms with E-state index in [1.54, 1.807) is 0 Å². The molecular weight excluding hydrogens is 694 g/mol. The summed E-state index contributed by atoms with van der Waals surface area (Å²) in [5, 5.41) is 0. The summed E-state index contributed by atoms with van der Waals surface area (Å²) in [6, 6.07) is 75.7. The van der Waals surface area contributed by atoms with Crippen LogP contribution in [0.15, 0.2) is 223 Å². The van der Waals surface area contributed by atoms with Gasteiger partial charge in [0.1, 0.15) is 0 Å². The molecule has 1 nitrogen and oxygen atoms in total. The van der Waals surface area contributed by atoms with Crippen molar-refractivity contribution in [1.82, 2.24) is 0 Å². The molecule has 8 rings (SSSR count). The minimum absolute atomic E-state index is 0. The smallest absolute Gasteiger partial charge is 0.0314 e. The topological polar surface area (TPSA) is 26.0 Å². The van der Waals surface area contributed by atoms with Crippen molar-refractivity contribution in [2.24, 2.45) is 0 Å². The van der Waals surface area contributed by atoms with Gasteiger partial charge in [-0.1, -0.05) is 217 Å². The molecule has 8 aromatic carbocycles. The van der Waals surface area contributed by atoms with Crippen molar-refractivity contribution in [1.29, 1.82) is 0 Å². The average molecular weight is 739 g/mol. The van der Waals surface area contributed by atoms with Crippen LogP contribution in [0.25, 0.3) is 44.5 Å². The first-order valence-electron chi connectivity index (χ1n) is 17.1. The normalized spacial score (nSPS) is 10.0. The Balaban J connectivity index is 0.000000164. The van der Waals surface area contributed by atoms with Gasteiger partial charge in [0.25, 0.3) is 0 Å². The van der Waals surface area contributed by atoms with Crippen LogP contribution < -0.4 is 5.73 Å². The standard InChI is InChI=1S/C25H20.C12H9Br.C12H11N.CH4/c1-3-7-22(8-4-1)24-15-11-20(12-16-24)19-21-13-17-25(18-14-21)23-9-5-2-6-10-23;2*13-12-8-6-11(7-9-12)10-4-2-1-3-5-10;/h1-18H,19H2;1-9H;1-9H,13H2;1H4. The minimum Gasteiger partial charge on any atom is -0.399 e. The lowest BCUT2D eigenvalue weighted by Crippen LogP contribution is -1.88. The van der Waals surface area contributed by atoms with E-state index in [1.165, 1.54) is 55.6 Å². The lowest BCUT2D eigenvalue weighted by atomic mass is 9.98. The molecule has 0 atom stereocenters. The second-order valence-corrected chi connectivity index (χ2v) is 13.1. The zero-order valence-electron chi connectivity index (χ0n) is 28.4. The van der Waals surface area contributed by atoms with E-state index in [2.05, 4.69) is 186 Å². The van der Waals surface area contributed by atoms with Crippen molar-refractivity contribution < 1.29 is 0 Å². The summed E-state index contributed by atoms with van der Waals surface area (Å²) in [7, 11) is 0. The van der Waals surface area contributed by atoms with Gasteiger partial charge in [-0.2, -0.15) is 0 Å². The van der Waals surface area contributed by atoms with Crippen LogP contribution in [0, 0.1) is 0 Å². The maximum absolute atomic E-state index is 5.60. The predicted octanol–water partition coefficient (Wildman–Crippen LogP) is 14.3. The molecule has 0 aliphatic heterocycles. The van der Waals surface area contributed by atoms with E-state index in [1.807, 2.05) is 48.5 Å². The Morgan fingerprint density at radius 3 is 0.808 bits per heavy atom. The molecule has 0 radical (unpaired) electrons. The molecular formula is C50H44BrN. The molecule has 0 heterocycles. The van der Waals surface area contributed by atoms with Gasteiger partial charge in [-0.05, 0) is 86.3 Å². The summed E-state index contributed by atoms with van der Waals surface area (Å²) in [4.78, 5) is 0. The highest BCUT2D eigenvalue weighted by Crippen LogP contribution is 2.24. The number of hydrogen-bond acceptors (Lipinski definition) is 1. The zero-order valence-corrected chi connectivity index (χ0v) is 30.0. The molecule has 256 valence electrons. The van der Waals surface area contributed by atoms with Crippen molar-refractivity contribution >= 4 is 21.6 Å². The summed E-state index contributed by atoms with van der Waals surface area (Å²) in [6.45, 7) is 0. The van der Waals surface area contributed by atoms with Crippen LogP contribution in [-0.4, -0.2) is 0 Å². The van der Waals surface area contributed by atoms with Gasteiger partial charge in [-0.3, -0.25) is 0 Å². The first kappa shape index (κ1) is 37.3. The van der Waals surface area contributed by atoms with Crippen LogP contribution in [0.1, 0.15) is 18.6 Å². The summed E-state index contributed by atoms with van der Waals surface area (Å²) in [5.41, 5.74) is 19.1. The number of nitrogen functional groups attached to an aromatic ring is 1. The van der Waals surface area contributed by atoms with Crippen LogP contribution in [0.3, 0.4) is 0 Å². The molecule has 8 aromatic rings. The SMILES string of the molecule is Brc1ccc(-c2ccccc2)cc1.C.Nc1ccc(-c2ccccc2)cc1.c1ccc(-c2ccc(Cc3ccc(-c4ccccc4)cc3)cc2)cc1. The molecule has 2 N–H and O–H groups in total. The molecule has 0 spiro atoms. The maximum Gasteiger partial charge on any atom is 0.0314 e. The van der Waals surface area contributed by atoms with Gasteiger partial charge in [0.05, 0.1) is 0 Å². The summed E-state index contributed by atoms with van der Waals surface area (Å²) in [5.74, 6) is 0. The fraction of sp³-hybridized carbons (Fsp3) is 0.0400. The quantitative estimate of drug-likeness (QED) is 0.169. The zero-order chi connectivity index (χ0) is 35.1. The Morgan fingerprint density at radius 1 is 0.288 bits per heavy atom. The highest BCUT2D eigenvalue weighted by atomic mass is 79.9. The van der Waals surface area contributed by atoms with Crippen molar-refractivity contribution in [2.45, 2.75) is 13.8 Å². The van der Waals surface area contributed by atoms with Crippen LogP contribution >= 0.6 is 15.9 Å². The number of hydrogen-bond donors (Lipinski definition) is 1. The monoisotopic (exact) mass is 737 g/mol. The summed E-state index contributed by atoms with van der Waals surface area (Å²) in [6.07, 6.45) is 0.962. The van der Waals surface area contributed by atoms with Crippen molar-refractivity contribution in [2.75, 3.05) is 5.73 Å². The highest BCUT2D eigenvalue weighted by molar-refractivity contribution is 9.10. The van der Waals surface area contributed by atoms with Gasteiger partial charge in [0.15, 0.2) is 0 Å². The Kier molecular flexibility index (Phi) is 13.9. The second kappa shape index (κ2) is 19.4. The van der Waals surface area contributed by atoms with E-state index in [9.17, 15) is 0 Å². The Labute approximate surface area is 318 Å². The van der Waals surface area contributed by atoms with Crippen molar-refractivity contribution in [3.63, 3.8) is 0 Å². The fourth-order valence-electron chi connectivity index (χ4n) is 5.71. The Bertz CT molecular complexity index is 2000. The molecule has 52 heavy (non-hydrogen) atoms. The second-order valence-electron chi connectivity index (χ2n) is 12.2. The molecule has 0 unspecified atom stereocenters. The molecule has 0 amide bonds. The molecule has 0 bridgehead atoms. The number of benzene rings is 8. The molecule has 2 heteroatoms. The van der Waals surface area contributed by atoms with Crippen LogP contribution in [0.4, 0.5) is 5.69 Å². The van der Waals surface area contributed by atoms with Gasteiger partial charge in [-0.15, -0.1) is 0 Å². The first-order chi connectivity index (χ1) is 25.1. The lowest BCUT2D eigenvalue weighted by molar-refractivity contribution is 1.19. The highest BCUT2D eigenvalue weighted by Gasteiger charge is 2.02. The third kappa shape index (κ3) is 11.0. The van der Waals surface area contributed by atoms with E-state index in [0.717, 1.165) is 16.6 Å². The first-order valence-corrected chi connectivity index (χ1v) is 17.9. The molecule has 0 aliphatic rings.